The van der Waals surface area contributed by atoms with Gasteiger partial charge in [0.1, 0.15) is 23.7 Å². The topological polar surface area (TPSA) is 92.7 Å². The smallest absolute Gasteiger partial charge is 0.342 e. The molecule has 8 nitrogen and oxygen atoms in total. The molecule has 174 valence electrons. The van der Waals surface area contributed by atoms with Gasteiger partial charge < -0.3 is 14.5 Å². The molecule has 1 unspecified atom stereocenters. The number of aromatic nitrogens is 2. The molecule has 0 aliphatic carbocycles. The van der Waals surface area contributed by atoms with E-state index in [2.05, 4.69) is 23.5 Å². The van der Waals surface area contributed by atoms with Gasteiger partial charge in [0.15, 0.2) is 0 Å². The third-order valence-electron chi connectivity index (χ3n) is 5.73. The van der Waals surface area contributed by atoms with E-state index in [9.17, 15) is 14.4 Å². The van der Waals surface area contributed by atoms with Gasteiger partial charge in [-0.05, 0) is 44.9 Å². The molecule has 3 rings (SSSR count). The maximum Gasteiger partial charge on any atom is 0.342 e. The molecule has 0 N–H and O–H groups in total. The lowest BCUT2D eigenvalue weighted by molar-refractivity contribution is 0.0406. The Morgan fingerprint density at radius 2 is 1.82 bits per heavy atom. The highest BCUT2D eigenvalue weighted by Gasteiger charge is 2.34. The summed E-state index contributed by atoms with van der Waals surface area (Å²) in [5.74, 6) is -0.693. The van der Waals surface area contributed by atoms with E-state index in [1.54, 1.807) is 23.6 Å². The summed E-state index contributed by atoms with van der Waals surface area (Å²) >= 11 is 0. The zero-order valence-corrected chi connectivity index (χ0v) is 19.6. The molecule has 1 saturated heterocycles. The fraction of sp³-hybridized carbons (Fsp3) is 0.400. The minimum absolute atomic E-state index is 0.0243. The predicted octanol–water partition coefficient (Wildman–Crippen LogP) is 2.99. The first-order valence-electron chi connectivity index (χ1n) is 11.1. The van der Waals surface area contributed by atoms with Crippen LogP contribution in [0.3, 0.4) is 0 Å². The SMILES string of the molecule is C=CCOC(=O)c1c(C)nc(C)nc1C(=O)N1CCN(C(=O)c2ccc(CC)cc2)C(C)C1. The Labute approximate surface area is 194 Å². The first-order chi connectivity index (χ1) is 15.8. The average molecular weight is 451 g/mol. The van der Waals surface area contributed by atoms with Gasteiger partial charge in [0.25, 0.3) is 11.8 Å². The van der Waals surface area contributed by atoms with Crippen molar-refractivity contribution in [3.05, 3.63) is 70.8 Å². The summed E-state index contributed by atoms with van der Waals surface area (Å²) in [6.45, 7) is 11.9. The standard InChI is InChI=1S/C25H30N4O4/c1-6-14-33-25(32)21-17(4)26-18(5)27-22(21)24(31)28-12-13-29(16(3)15-28)23(30)20-10-8-19(7-2)9-11-20/h6,8-11,16H,1,7,12-15H2,2-5H3. The minimum atomic E-state index is -0.659. The van der Waals surface area contributed by atoms with E-state index >= 15 is 0 Å². The lowest BCUT2D eigenvalue weighted by Crippen LogP contribution is -2.55. The highest BCUT2D eigenvalue weighted by Crippen LogP contribution is 2.20. The number of carbonyl (C=O) groups excluding carboxylic acids is 3. The summed E-state index contributed by atoms with van der Waals surface area (Å²) in [5.41, 5.74) is 2.28. The van der Waals surface area contributed by atoms with Crippen LogP contribution in [0.15, 0.2) is 36.9 Å². The number of benzene rings is 1. The maximum atomic E-state index is 13.4. The molecule has 0 saturated carbocycles. The van der Waals surface area contributed by atoms with Gasteiger partial charge in [0, 0.05) is 31.2 Å². The van der Waals surface area contributed by atoms with Crippen LogP contribution in [0, 0.1) is 13.8 Å². The predicted molar refractivity (Wildman–Crippen MR) is 124 cm³/mol. The van der Waals surface area contributed by atoms with Crippen molar-refractivity contribution in [3.63, 3.8) is 0 Å². The first kappa shape index (κ1) is 24.1. The molecule has 0 spiro atoms. The molecule has 1 aliphatic rings. The zero-order chi connectivity index (χ0) is 24.1. The number of hydrogen-bond acceptors (Lipinski definition) is 6. The lowest BCUT2D eigenvalue weighted by atomic mass is 10.1. The van der Waals surface area contributed by atoms with E-state index in [-0.39, 0.29) is 35.7 Å². The summed E-state index contributed by atoms with van der Waals surface area (Å²) < 4.78 is 5.15. The number of aryl methyl sites for hydroxylation is 3. The first-order valence-corrected chi connectivity index (χ1v) is 11.1. The third-order valence-corrected chi connectivity index (χ3v) is 5.73. The molecule has 1 atom stereocenters. The second-order valence-corrected chi connectivity index (χ2v) is 8.12. The van der Waals surface area contributed by atoms with E-state index in [1.807, 2.05) is 31.2 Å². The molecule has 1 aromatic carbocycles. The molecule has 8 heteroatoms. The van der Waals surface area contributed by atoms with Crippen LogP contribution >= 0.6 is 0 Å². The van der Waals surface area contributed by atoms with Crippen molar-refractivity contribution in [1.29, 1.82) is 0 Å². The quantitative estimate of drug-likeness (QED) is 0.496. The molecule has 1 aliphatic heterocycles. The Morgan fingerprint density at radius 3 is 2.42 bits per heavy atom. The van der Waals surface area contributed by atoms with Crippen molar-refractivity contribution in [2.75, 3.05) is 26.2 Å². The van der Waals surface area contributed by atoms with Gasteiger partial charge in [-0.25, -0.2) is 14.8 Å². The average Bonchev–Trinajstić information content (AvgIpc) is 2.81. The number of amides is 2. The summed E-state index contributed by atoms with van der Waals surface area (Å²) in [7, 11) is 0. The van der Waals surface area contributed by atoms with Crippen LogP contribution in [-0.4, -0.2) is 69.8 Å². The largest absolute Gasteiger partial charge is 0.458 e. The molecule has 2 aromatic rings. The molecule has 2 amide bonds. The number of carbonyl (C=O) groups is 3. The van der Waals surface area contributed by atoms with Crippen molar-refractivity contribution in [2.45, 2.75) is 40.2 Å². The van der Waals surface area contributed by atoms with E-state index < -0.39 is 5.97 Å². The van der Waals surface area contributed by atoms with Gasteiger partial charge >= 0.3 is 5.97 Å². The van der Waals surface area contributed by atoms with Gasteiger partial charge in [-0.2, -0.15) is 0 Å². The van der Waals surface area contributed by atoms with Crippen molar-refractivity contribution in [1.82, 2.24) is 19.8 Å². The molecular weight excluding hydrogens is 420 g/mol. The van der Waals surface area contributed by atoms with E-state index in [0.717, 1.165) is 6.42 Å². The minimum Gasteiger partial charge on any atom is -0.458 e. The number of hydrogen-bond donors (Lipinski definition) is 0. The van der Waals surface area contributed by atoms with Crippen LogP contribution < -0.4 is 0 Å². The van der Waals surface area contributed by atoms with Crippen molar-refractivity contribution < 1.29 is 19.1 Å². The maximum absolute atomic E-state index is 13.4. The Balaban J connectivity index is 1.78. The van der Waals surface area contributed by atoms with Crippen molar-refractivity contribution in [3.8, 4) is 0 Å². The van der Waals surface area contributed by atoms with Crippen molar-refractivity contribution in [2.24, 2.45) is 0 Å². The molecule has 33 heavy (non-hydrogen) atoms. The summed E-state index contributed by atoms with van der Waals surface area (Å²) in [5, 5.41) is 0. The van der Waals surface area contributed by atoms with Crippen LogP contribution in [-0.2, 0) is 11.2 Å². The highest BCUT2D eigenvalue weighted by atomic mass is 16.5. The van der Waals surface area contributed by atoms with E-state index in [4.69, 9.17) is 4.74 Å². The third kappa shape index (κ3) is 5.27. The molecule has 1 aromatic heterocycles. The number of rotatable bonds is 6. The number of piperazine rings is 1. The molecule has 0 bridgehead atoms. The molecule has 1 fully saturated rings. The van der Waals surface area contributed by atoms with Crippen LogP contribution in [0.4, 0.5) is 0 Å². The van der Waals surface area contributed by atoms with Crippen LogP contribution in [0.5, 0.6) is 0 Å². The number of ether oxygens (including phenoxy) is 1. The second kappa shape index (κ2) is 10.4. The lowest BCUT2D eigenvalue weighted by Gasteiger charge is -2.40. The molecule has 2 heterocycles. The van der Waals surface area contributed by atoms with E-state index in [1.165, 1.54) is 11.6 Å². The fourth-order valence-electron chi connectivity index (χ4n) is 3.96. The zero-order valence-electron chi connectivity index (χ0n) is 19.6. The second-order valence-electron chi connectivity index (χ2n) is 8.12. The van der Waals surface area contributed by atoms with Gasteiger partial charge in [-0.1, -0.05) is 31.7 Å². The molecular formula is C25H30N4O4. The normalized spacial score (nSPS) is 15.8. The van der Waals surface area contributed by atoms with Gasteiger partial charge in [-0.15, -0.1) is 0 Å². The van der Waals surface area contributed by atoms with Crippen LogP contribution in [0.2, 0.25) is 0 Å². The van der Waals surface area contributed by atoms with E-state index in [0.29, 0.717) is 36.7 Å². The summed E-state index contributed by atoms with van der Waals surface area (Å²) in [6.07, 6.45) is 2.37. The monoisotopic (exact) mass is 450 g/mol. The van der Waals surface area contributed by atoms with Gasteiger partial charge in [0.05, 0.1) is 5.69 Å². The summed E-state index contributed by atoms with van der Waals surface area (Å²) in [6, 6.07) is 7.42. The Morgan fingerprint density at radius 1 is 1.12 bits per heavy atom. The highest BCUT2D eigenvalue weighted by molar-refractivity contribution is 6.04. The number of esters is 1. The molecule has 0 radical (unpaired) electrons. The Hall–Kier alpha value is -3.55. The van der Waals surface area contributed by atoms with Crippen LogP contribution in [0.25, 0.3) is 0 Å². The van der Waals surface area contributed by atoms with Crippen molar-refractivity contribution >= 4 is 17.8 Å². The van der Waals surface area contributed by atoms with Gasteiger partial charge in [-0.3, -0.25) is 9.59 Å². The fourth-order valence-corrected chi connectivity index (χ4v) is 3.96. The Kier molecular flexibility index (Phi) is 7.58. The van der Waals surface area contributed by atoms with Crippen LogP contribution in [0.1, 0.15) is 62.1 Å². The Bertz CT molecular complexity index is 1060. The van der Waals surface area contributed by atoms with Gasteiger partial charge in [0.2, 0.25) is 0 Å². The number of nitrogens with zero attached hydrogens (tertiary/aromatic N) is 4. The summed E-state index contributed by atoms with van der Waals surface area (Å²) in [4.78, 5) is 50.9.